The molecule has 8 heteroatoms. The van der Waals surface area contributed by atoms with Gasteiger partial charge in [-0.05, 0) is 60.4 Å². The molecule has 1 atom stereocenters. The molecule has 0 aliphatic rings. The molecular formula is C27H21BrF3NO2S. The minimum Gasteiger partial charge on any atom is -0.465 e. The van der Waals surface area contributed by atoms with E-state index in [4.69, 9.17) is 9.72 Å². The summed E-state index contributed by atoms with van der Waals surface area (Å²) in [5.41, 5.74) is 2.81. The van der Waals surface area contributed by atoms with Crippen LogP contribution in [0, 0.1) is 0 Å². The van der Waals surface area contributed by atoms with Gasteiger partial charge < -0.3 is 4.74 Å². The first-order chi connectivity index (χ1) is 16.7. The zero-order valence-electron chi connectivity index (χ0n) is 18.7. The van der Waals surface area contributed by atoms with Crippen LogP contribution in [0.15, 0.2) is 82.6 Å². The van der Waals surface area contributed by atoms with E-state index in [1.54, 1.807) is 23.6 Å². The zero-order valence-corrected chi connectivity index (χ0v) is 21.1. The van der Waals surface area contributed by atoms with Gasteiger partial charge in [0.05, 0.1) is 23.9 Å². The van der Waals surface area contributed by atoms with Crippen molar-refractivity contribution in [2.24, 2.45) is 0 Å². The third-order valence-electron chi connectivity index (χ3n) is 5.65. The Morgan fingerprint density at radius 3 is 2.49 bits per heavy atom. The summed E-state index contributed by atoms with van der Waals surface area (Å²) in [6.45, 7) is 0. The van der Waals surface area contributed by atoms with Gasteiger partial charge in [0.2, 0.25) is 0 Å². The van der Waals surface area contributed by atoms with E-state index >= 15 is 0 Å². The van der Waals surface area contributed by atoms with Gasteiger partial charge in [0.1, 0.15) is 5.01 Å². The Bertz CT molecular complexity index is 1320. The topological polar surface area (TPSA) is 39.2 Å². The molecule has 35 heavy (non-hydrogen) atoms. The number of methoxy groups -OCH3 is 1. The van der Waals surface area contributed by atoms with Crippen LogP contribution in [0.1, 0.15) is 44.4 Å². The number of alkyl halides is 3. The largest absolute Gasteiger partial charge is 0.465 e. The second-order valence-corrected chi connectivity index (χ2v) is 9.79. The normalized spacial score (nSPS) is 12.4. The lowest BCUT2D eigenvalue weighted by Gasteiger charge is -2.16. The van der Waals surface area contributed by atoms with Crippen molar-refractivity contribution in [3.05, 3.63) is 110 Å². The highest BCUT2D eigenvalue weighted by atomic mass is 79.9. The van der Waals surface area contributed by atoms with Crippen molar-refractivity contribution in [3.63, 3.8) is 0 Å². The Hall–Kier alpha value is -2.97. The highest BCUT2D eigenvalue weighted by Gasteiger charge is 2.30. The van der Waals surface area contributed by atoms with E-state index in [2.05, 4.69) is 28.1 Å². The van der Waals surface area contributed by atoms with Crippen LogP contribution in [0.3, 0.4) is 0 Å². The summed E-state index contributed by atoms with van der Waals surface area (Å²) >= 11 is 4.92. The van der Waals surface area contributed by atoms with Crippen molar-refractivity contribution in [3.8, 4) is 11.3 Å². The predicted octanol–water partition coefficient (Wildman–Crippen LogP) is 8.14. The zero-order chi connectivity index (χ0) is 25.0. The Kier molecular flexibility index (Phi) is 7.72. The van der Waals surface area contributed by atoms with Crippen molar-refractivity contribution in [1.29, 1.82) is 0 Å². The molecule has 4 rings (SSSR count). The van der Waals surface area contributed by atoms with Gasteiger partial charge in [-0.25, -0.2) is 9.78 Å². The third-order valence-corrected chi connectivity index (χ3v) is 7.10. The number of ether oxygens (including phenoxy) is 1. The number of halogens is 4. The first-order valence-electron chi connectivity index (χ1n) is 10.8. The molecule has 0 aliphatic heterocycles. The van der Waals surface area contributed by atoms with E-state index in [1.807, 2.05) is 24.3 Å². The summed E-state index contributed by atoms with van der Waals surface area (Å²) in [5, 5.41) is 2.60. The number of nitrogens with zero attached hydrogens (tertiary/aromatic N) is 1. The molecule has 0 saturated carbocycles. The second kappa shape index (κ2) is 10.7. The van der Waals surface area contributed by atoms with Crippen molar-refractivity contribution in [2.45, 2.75) is 24.9 Å². The van der Waals surface area contributed by atoms with E-state index in [-0.39, 0.29) is 5.92 Å². The number of thiazole rings is 1. The van der Waals surface area contributed by atoms with E-state index in [0.717, 1.165) is 45.6 Å². The van der Waals surface area contributed by atoms with Crippen LogP contribution in [0.4, 0.5) is 13.2 Å². The number of carbonyl (C=O) groups excluding carboxylic acids is 1. The molecule has 1 heterocycles. The van der Waals surface area contributed by atoms with E-state index < -0.39 is 17.7 Å². The molecule has 0 fully saturated rings. The number of hydrogen-bond donors (Lipinski definition) is 0. The molecule has 0 aliphatic carbocycles. The fourth-order valence-electron chi connectivity index (χ4n) is 3.84. The quantitative estimate of drug-likeness (QED) is 0.214. The fourth-order valence-corrected chi connectivity index (χ4v) is 5.28. The van der Waals surface area contributed by atoms with Gasteiger partial charge in [0.15, 0.2) is 0 Å². The van der Waals surface area contributed by atoms with Gasteiger partial charge in [-0.1, -0.05) is 52.3 Å². The lowest BCUT2D eigenvalue weighted by Crippen LogP contribution is -2.06. The van der Waals surface area contributed by atoms with Crippen molar-refractivity contribution < 1.29 is 22.7 Å². The molecule has 1 unspecified atom stereocenters. The Labute approximate surface area is 213 Å². The molecule has 4 aromatic rings. The van der Waals surface area contributed by atoms with Gasteiger partial charge in [-0.15, -0.1) is 11.3 Å². The third kappa shape index (κ3) is 6.18. The molecule has 1 aromatic heterocycles. The lowest BCUT2D eigenvalue weighted by molar-refractivity contribution is -0.137. The second-order valence-electron chi connectivity index (χ2n) is 7.98. The molecule has 180 valence electrons. The number of hydrogen-bond acceptors (Lipinski definition) is 4. The maximum atomic E-state index is 13.2. The number of aryl methyl sites for hydroxylation is 1. The number of esters is 1. The molecule has 0 amide bonds. The van der Waals surface area contributed by atoms with Crippen molar-refractivity contribution in [2.75, 3.05) is 7.11 Å². The van der Waals surface area contributed by atoms with Crippen LogP contribution in [-0.2, 0) is 17.3 Å². The van der Waals surface area contributed by atoms with Gasteiger partial charge >= 0.3 is 12.1 Å². The lowest BCUT2D eigenvalue weighted by atomic mass is 9.92. The molecule has 3 aromatic carbocycles. The van der Waals surface area contributed by atoms with Crippen molar-refractivity contribution >= 4 is 33.2 Å². The SMILES string of the molecule is COC(=O)c1ccc(C(CCc2cccc(Br)c2)c2nc(-c3cccc(C(F)(F)F)c3)cs2)cc1. The Morgan fingerprint density at radius 1 is 1.06 bits per heavy atom. The van der Waals surface area contributed by atoms with Crippen molar-refractivity contribution in [1.82, 2.24) is 4.98 Å². The van der Waals surface area contributed by atoms with Crippen LogP contribution < -0.4 is 0 Å². The molecular weight excluding hydrogens is 539 g/mol. The highest BCUT2D eigenvalue weighted by Crippen LogP contribution is 2.36. The Balaban J connectivity index is 1.66. The molecule has 0 saturated heterocycles. The van der Waals surface area contributed by atoms with Crippen LogP contribution in [0.2, 0.25) is 0 Å². The average Bonchev–Trinajstić information content (AvgIpc) is 3.34. The fraction of sp³-hybridized carbons (Fsp3) is 0.185. The van der Waals surface area contributed by atoms with Crippen LogP contribution in [0.25, 0.3) is 11.3 Å². The minimum absolute atomic E-state index is 0.0924. The van der Waals surface area contributed by atoms with E-state index in [1.165, 1.54) is 24.5 Å². The number of aromatic nitrogens is 1. The first kappa shape index (κ1) is 25.1. The molecule has 0 spiro atoms. The average molecular weight is 560 g/mol. The van der Waals surface area contributed by atoms with Gasteiger partial charge in [-0.3, -0.25) is 0 Å². The van der Waals surface area contributed by atoms with E-state index in [0.29, 0.717) is 16.8 Å². The number of benzene rings is 3. The predicted molar refractivity (Wildman–Crippen MR) is 135 cm³/mol. The summed E-state index contributed by atoms with van der Waals surface area (Å²) < 4.78 is 45.4. The van der Waals surface area contributed by atoms with Gasteiger partial charge in [0.25, 0.3) is 0 Å². The standard InChI is InChI=1S/C27H21BrF3NO2S/c1-34-26(33)19-11-9-18(10-12-19)23(13-8-17-4-2-7-22(28)14-17)25-32-24(16-35-25)20-5-3-6-21(15-20)27(29,30)31/h2-7,9-12,14-16,23H,8,13H2,1H3. The number of carbonyl (C=O) groups is 1. The summed E-state index contributed by atoms with van der Waals surface area (Å²) in [5.74, 6) is -0.506. The summed E-state index contributed by atoms with van der Waals surface area (Å²) in [7, 11) is 1.34. The van der Waals surface area contributed by atoms with Crippen LogP contribution >= 0.6 is 27.3 Å². The maximum Gasteiger partial charge on any atom is 0.416 e. The van der Waals surface area contributed by atoms with Gasteiger partial charge in [0, 0.05) is 21.3 Å². The van der Waals surface area contributed by atoms with Gasteiger partial charge in [-0.2, -0.15) is 13.2 Å². The monoisotopic (exact) mass is 559 g/mol. The molecule has 0 N–H and O–H groups in total. The Morgan fingerprint density at radius 2 is 1.80 bits per heavy atom. The molecule has 0 radical (unpaired) electrons. The maximum absolute atomic E-state index is 13.2. The molecule has 0 bridgehead atoms. The smallest absolute Gasteiger partial charge is 0.416 e. The highest BCUT2D eigenvalue weighted by molar-refractivity contribution is 9.10. The van der Waals surface area contributed by atoms with Crippen LogP contribution in [0.5, 0.6) is 0 Å². The van der Waals surface area contributed by atoms with Crippen LogP contribution in [-0.4, -0.2) is 18.1 Å². The number of rotatable bonds is 7. The minimum atomic E-state index is -4.41. The summed E-state index contributed by atoms with van der Waals surface area (Å²) in [6.07, 6.45) is -2.90. The van der Waals surface area contributed by atoms with E-state index in [9.17, 15) is 18.0 Å². The summed E-state index contributed by atoms with van der Waals surface area (Å²) in [4.78, 5) is 16.6. The molecule has 3 nitrogen and oxygen atoms in total. The first-order valence-corrected chi connectivity index (χ1v) is 12.5. The summed E-state index contributed by atoms with van der Waals surface area (Å²) in [6, 6.07) is 20.5.